The predicted octanol–water partition coefficient (Wildman–Crippen LogP) is 2.89. The van der Waals surface area contributed by atoms with Gasteiger partial charge in [-0.25, -0.2) is 0 Å². The van der Waals surface area contributed by atoms with Crippen molar-refractivity contribution >= 4 is 0 Å². The van der Waals surface area contributed by atoms with Gasteiger partial charge in [0.15, 0.2) is 0 Å². The van der Waals surface area contributed by atoms with Crippen molar-refractivity contribution in [2.45, 2.75) is 52.9 Å². The molecule has 0 aromatic carbocycles. The SMILES string of the molecule is CCCNCCCCCN(CC)CCC. The minimum Gasteiger partial charge on any atom is -0.317 e. The van der Waals surface area contributed by atoms with Crippen LogP contribution in [0.5, 0.6) is 0 Å². The summed E-state index contributed by atoms with van der Waals surface area (Å²) in [5.74, 6) is 0. The summed E-state index contributed by atoms with van der Waals surface area (Å²) in [5, 5.41) is 3.45. The zero-order chi connectivity index (χ0) is 11.4. The van der Waals surface area contributed by atoms with Crippen molar-refractivity contribution in [3.63, 3.8) is 0 Å². The van der Waals surface area contributed by atoms with Crippen LogP contribution in [0.15, 0.2) is 0 Å². The number of nitrogens with zero attached hydrogens (tertiary/aromatic N) is 1. The molecule has 0 heterocycles. The molecular weight excluding hydrogens is 184 g/mol. The van der Waals surface area contributed by atoms with E-state index < -0.39 is 0 Å². The molecule has 15 heavy (non-hydrogen) atoms. The van der Waals surface area contributed by atoms with Crippen molar-refractivity contribution in [3.8, 4) is 0 Å². The van der Waals surface area contributed by atoms with Gasteiger partial charge in [-0.2, -0.15) is 0 Å². The van der Waals surface area contributed by atoms with Crippen LogP contribution >= 0.6 is 0 Å². The molecule has 0 fully saturated rings. The average Bonchev–Trinajstić information content (AvgIpc) is 2.26. The molecule has 1 N–H and O–H groups in total. The van der Waals surface area contributed by atoms with Gasteiger partial charge in [0.05, 0.1) is 0 Å². The van der Waals surface area contributed by atoms with Crippen LogP contribution in [0.2, 0.25) is 0 Å². The first-order valence-electron chi connectivity index (χ1n) is 6.78. The molecule has 0 radical (unpaired) electrons. The fraction of sp³-hybridized carbons (Fsp3) is 1.00. The summed E-state index contributed by atoms with van der Waals surface area (Å²) in [5.41, 5.74) is 0. The average molecular weight is 214 g/mol. The van der Waals surface area contributed by atoms with Gasteiger partial charge in [0.2, 0.25) is 0 Å². The van der Waals surface area contributed by atoms with Crippen LogP contribution in [-0.4, -0.2) is 37.6 Å². The van der Waals surface area contributed by atoms with Crippen molar-refractivity contribution in [2.75, 3.05) is 32.7 Å². The van der Waals surface area contributed by atoms with Gasteiger partial charge in [-0.3, -0.25) is 0 Å². The molecule has 0 aliphatic rings. The van der Waals surface area contributed by atoms with Gasteiger partial charge in [0, 0.05) is 0 Å². The van der Waals surface area contributed by atoms with E-state index in [9.17, 15) is 0 Å². The summed E-state index contributed by atoms with van der Waals surface area (Å²) < 4.78 is 0. The van der Waals surface area contributed by atoms with Crippen LogP contribution < -0.4 is 5.32 Å². The lowest BCUT2D eigenvalue weighted by Crippen LogP contribution is -2.25. The second kappa shape index (κ2) is 12.0. The highest BCUT2D eigenvalue weighted by molar-refractivity contribution is 4.55. The Kier molecular flexibility index (Phi) is 11.9. The summed E-state index contributed by atoms with van der Waals surface area (Å²) in [7, 11) is 0. The lowest BCUT2D eigenvalue weighted by atomic mass is 10.2. The topological polar surface area (TPSA) is 15.3 Å². The highest BCUT2D eigenvalue weighted by atomic mass is 15.1. The minimum absolute atomic E-state index is 1.18. The number of nitrogens with one attached hydrogen (secondary N) is 1. The number of hydrogen-bond acceptors (Lipinski definition) is 2. The molecule has 0 atom stereocenters. The van der Waals surface area contributed by atoms with Gasteiger partial charge in [0.25, 0.3) is 0 Å². The van der Waals surface area contributed by atoms with E-state index in [2.05, 4.69) is 31.0 Å². The molecule has 0 bridgehead atoms. The fourth-order valence-corrected chi connectivity index (χ4v) is 1.81. The van der Waals surface area contributed by atoms with E-state index in [1.165, 1.54) is 64.8 Å². The third-order valence-corrected chi connectivity index (χ3v) is 2.74. The monoisotopic (exact) mass is 214 g/mol. The predicted molar refractivity (Wildman–Crippen MR) is 69.4 cm³/mol. The molecule has 0 aromatic rings. The maximum absolute atomic E-state index is 3.45. The van der Waals surface area contributed by atoms with Crippen LogP contribution in [0.25, 0.3) is 0 Å². The van der Waals surface area contributed by atoms with Gasteiger partial charge in [-0.15, -0.1) is 0 Å². The minimum atomic E-state index is 1.18. The maximum atomic E-state index is 3.45. The molecule has 2 nitrogen and oxygen atoms in total. The van der Waals surface area contributed by atoms with Gasteiger partial charge in [-0.1, -0.05) is 27.2 Å². The van der Waals surface area contributed by atoms with Gasteiger partial charge in [-0.05, 0) is 58.4 Å². The quantitative estimate of drug-likeness (QED) is 0.532. The van der Waals surface area contributed by atoms with Crippen LogP contribution in [0, 0.1) is 0 Å². The van der Waals surface area contributed by atoms with E-state index in [-0.39, 0.29) is 0 Å². The van der Waals surface area contributed by atoms with E-state index >= 15 is 0 Å². The van der Waals surface area contributed by atoms with Crippen LogP contribution in [0.4, 0.5) is 0 Å². The van der Waals surface area contributed by atoms with Crippen LogP contribution in [0.3, 0.4) is 0 Å². The molecule has 0 unspecified atom stereocenters. The third-order valence-electron chi connectivity index (χ3n) is 2.74. The Morgan fingerprint density at radius 1 is 0.800 bits per heavy atom. The molecule has 0 saturated carbocycles. The van der Waals surface area contributed by atoms with Crippen molar-refractivity contribution in [3.05, 3.63) is 0 Å². The van der Waals surface area contributed by atoms with Crippen molar-refractivity contribution in [1.82, 2.24) is 10.2 Å². The molecule has 0 rings (SSSR count). The third kappa shape index (κ3) is 10.2. The largest absolute Gasteiger partial charge is 0.317 e. The highest BCUT2D eigenvalue weighted by Crippen LogP contribution is 1.99. The normalized spacial score (nSPS) is 11.2. The van der Waals surface area contributed by atoms with Gasteiger partial charge < -0.3 is 10.2 Å². The second-order valence-electron chi connectivity index (χ2n) is 4.24. The molecule has 2 heteroatoms. The Bertz CT molecular complexity index is 115. The van der Waals surface area contributed by atoms with Crippen molar-refractivity contribution < 1.29 is 0 Å². The molecule has 0 amide bonds. The first-order valence-corrected chi connectivity index (χ1v) is 6.78. The Balaban J connectivity index is 3.14. The Morgan fingerprint density at radius 2 is 1.60 bits per heavy atom. The Labute approximate surface area is 96.4 Å². The van der Waals surface area contributed by atoms with Crippen molar-refractivity contribution in [2.24, 2.45) is 0 Å². The van der Waals surface area contributed by atoms with Gasteiger partial charge in [0.1, 0.15) is 0 Å². The lowest BCUT2D eigenvalue weighted by Gasteiger charge is -2.19. The zero-order valence-electron chi connectivity index (χ0n) is 11.0. The first-order chi connectivity index (χ1) is 7.35. The molecule has 0 aliphatic carbocycles. The van der Waals surface area contributed by atoms with E-state index in [1.807, 2.05) is 0 Å². The summed E-state index contributed by atoms with van der Waals surface area (Å²) >= 11 is 0. The summed E-state index contributed by atoms with van der Waals surface area (Å²) in [6.07, 6.45) is 6.61. The fourth-order valence-electron chi connectivity index (χ4n) is 1.81. The van der Waals surface area contributed by atoms with E-state index in [0.29, 0.717) is 0 Å². The first kappa shape index (κ1) is 14.9. The lowest BCUT2D eigenvalue weighted by molar-refractivity contribution is 0.281. The van der Waals surface area contributed by atoms with Gasteiger partial charge >= 0.3 is 0 Å². The molecular formula is C13H30N2. The zero-order valence-corrected chi connectivity index (χ0v) is 11.0. The summed E-state index contributed by atoms with van der Waals surface area (Å²) in [6, 6.07) is 0. The standard InChI is InChI=1S/C13H30N2/c1-4-10-14-11-8-7-9-13-15(6-3)12-5-2/h14H,4-13H2,1-3H3. The number of rotatable bonds is 11. The van der Waals surface area contributed by atoms with Crippen molar-refractivity contribution in [1.29, 1.82) is 0 Å². The molecule has 0 spiro atoms. The summed E-state index contributed by atoms with van der Waals surface area (Å²) in [4.78, 5) is 2.56. The number of unbranched alkanes of at least 4 members (excludes halogenated alkanes) is 2. The summed E-state index contributed by atoms with van der Waals surface area (Å²) in [6.45, 7) is 12.9. The Morgan fingerprint density at radius 3 is 2.20 bits per heavy atom. The molecule has 0 saturated heterocycles. The smallest absolute Gasteiger partial charge is 0.00188 e. The maximum Gasteiger partial charge on any atom is -0.00188 e. The molecule has 0 aliphatic heterocycles. The van der Waals surface area contributed by atoms with E-state index in [0.717, 1.165) is 0 Å². The number of hydrogen-bond donors (Lipinski definition) is 1. The van der Waals surface area contributed by atoms with Crippen LogP contribution in [-0.2, 0) is 0 Å². The van der Waals surface area contributed by atoms with E-state index in [1.54, 1.807) is 0 Å². The molecule has 0 aromatic heterocycles. The second-order valence-corrected chi connectivity index (χ2v) is 4.24. The highest BCUT2D eigenvalue weighted by Gasteiger charge is 1.99. The van der Waals surface area contributed by atoms with E-state index in [4.69, 9.17) is 0 Å². The van der Waals surface area contributed by atoms with Crippen LogP contribution in [0.1, 0.15) is 52.9 Å². The Hall–Kier alpha value is -0.0800. The molecule has 92 valence electrons.